The van der Waals surface area contributed by atoms with E-state index < -0.39 is 116 Å². The van der Waals surface area contributed by atoms with Gasteiger partial charge in [-0.2, -0.15) is 0 Å². The Labute approximate surface area is 376 Å². The fraction of sp³-hybridized carbons (Fsp3) is 0.957. The Morgan fingerprint density at radius 1 is 0.734 bits per heavy atom. The number of allylic oxidation sites excluding steroid dienone is 1. The van der Waals surface area contributed by atoms with Gasteiger partial charge in [0.2, 0.25) is 0 Å². The van der Waals surface area contributed by atoms with Crippen molar-refractivity contribution in [2.24, 2.45) is 45.3 Å². The second-order valence-electron chi connectivity index (χ2n) is 23.0. The zero-order valence-electron chi connectivity index (χ0n) is 38.7. The van der Waals surface area contributed by atoms with E-state index in [1.165, 1.54) is 6.92 Å². The molecule has 0 aromatic heterocycles. The van der Waals surface area contributed by atoms with Crippen LogP contribution in [0.15, 0.2) is 11.6 Å². The average Bonchev–Trinajstić information content (AvgIpc) is 3.74. The van der Waals surface area contributed by atoms with Crippen LogP contribution in [-0.2, 0) is 37.9 Å². The van der Waals surface area contributed by atoms with Crippen LogP contribution in [0.1, 0.15) is 107 Å². The van der Waals surface area contributed by atoms with E-state index in [2.05, 4.69) is 47.6 Å². The Bertz CT molecular complexity index is 1740. The van der Waals surface area contributed by atoms with Crippen molar-refractivity contribution in [1.29, 1.82) is 0 Å². The minimum Gasteiger partial charge on any atom is -0.394 e. The van der Waals surface area contributed by atoms with E-state index in [0.717, 1.165) is 44.1 Å². The molecule has 366 valence electrons. The first-order valence-corrected chi connectivity index (χ1v) is 23.9. The topological polar surface area (TPSA) is 256 Å². The van der Waals surface area contributed by atoms with Crippen LogP contribution in [0.3, 0.4) is 0 Å². The number of rotatable bonds is 8. The predicted octanol–water partition coefficient (Wildman–Crippen LogP) is 0.994. The van der Waals surface area contributed by atoms with Gasteiger partial charge in [-0.05, 0) is 100 Å². The second-order valence-corrected chi connectivity index (χ2v) is 23.0. The van der Waals surface area contributed by atoms with Gasteiger partial charge in [0.1, 0.15) is 61.0 Å². The molecule has 0 aromatic rings. The molecule has 4 aliphatic carbocycles. The first kappa shape index (κ1) is 48.1. The molecule has 5 heterocycles. The molecule has 0 aromatic carbocycles. The number of hydrogen-bond donors (Lipinski definition) is 9. The number of aliphatic hydroxyl groups is 9. The molecular formula is C47H76O17. The van der Waals surface area contributed by atoms with E-state index in [1.54, 1.807) is 0 Å². The Hall–Kier alpha value is -0.940. The molecule has 64 heavy (non-hydrogen) atoms. The third kappa shape index (κ3) is 7.19. The van der Waals surface area contributed by atoms with Crippen molar-refractivity contribution in [3.05, 3.63) is 11.6 Å². The molecule has 11 unspecified atom stereocenters. The lowest BCUT2D eigenvalue weighted by atomic mass is 9.35. The van der Waals surface area contributed by atoms with Gasteiger partial charge in [0.25, 0.3) is 0 Å². The lowest BCUT2D eigenvalue weighted by Gasteiger charge is -2.70. The van der Waals surface area contributed by atoms with Crippen LogP contribution >= 0.6 is 0 Å². The second kappa shape index (κ2) is 16.6. The Morgan fingerprint density at radius 2 is 1.41 bits per heavy atom. The molecule has 9 fully saturated rings. The molecule has 9 aliphatic rings. The summed E-state index contributed by atoms with van der Waals surface area (Å²) in [6.07, 6.45) is -12.6. The fourth-order valence-corrected chi connectivity index (χ4v) is 15.8. The third-order valence-electron chi connectivity index (χ3n) is 18.7. The minimum absolute atomic E-state index is 0.0656. The van der Waals surface area contributed by atoms with E-state index in [1.807, 2.05) is 6.92 Å². The smallest absolute Gasteiger partial charge is 0.187 e. The summed E-state index contributed by atoms with van der Waals surface area (Å²) < 4.78 is 51.0. The van der Waals surface area contributed by atoms with Gasteiger partial charge in [0.15, 0.2) is 24.7 Å². The molecule has 17 heteroatoms. The molecule has 4 saturated carbocycles. The molecule has 25 atom stereocenters. The fourth-order valence-electron chi connectivity index (χ4n) is 15.8. The van der Waals surface area contributed by atoms with Gasteiger partial charge < -0.3 is 83.9 Å². The summed E-state index contributed by atoms with van der Waals surface area (Å²) >= 11 is 0. The average molecular weight is 913 g/mol. The van der Waals surface area contributed by atoms with Gasteiger partial charge in [-0.15, -0.1) is 0 Å². The summed E-state index contributed by atoms with van der Waals surface area (Å²) in [6, 6.07) is 0. The lowest BCUT2D eigenvalue weighted by molar-refractivity contribution is -0.388. The zero-order chi connectivity index (χ0) is 46.3. The van der Waals surface area contributed by atoms with Crippen molar-refractivity contribution in [2.45, 2.75) is 216 Å². The van der Waals surface area contributed by atoms with Gasteiger partial charge in [-0.1, -0.05) is 39.3 Å². The lowest BCUT2D eigenvalue weighted by Crippen LogP contribution is -2.68. The van der Waals surface area contributed by atoms with Crippen molar-refractivity contribution < 1.29 is 83.9 Å². The monoisotopic (exact) mass is 913 g/mol. The van der Waals surface area contributed by atoms with Crippen LogP contribution in [0.2, 0.25) is 0 Å². The molecule has 2 spiro atoms. The van der Waals surface area contributed by atoms with Crippen LogP contribution < -0.4 is 0 Å². The molecule has 9 rings (SSSR count). The molecule has 5 aliphatic heterocycles. The van der Waals surface area contributed by atoms with E-state index in [-0.39, 0.29) is 46.7 Å². The van der Waals surface area contributed by atoms with E-state index in [0.29, 0.717) is 25.4 Å². The molecule has 17 nitrogen and oxygen atoms in total. The van der Waals surface area contributed by atoms with Gasteiger partial charge in [0.05, 0.1) is 43.7 Å². The molecular weight excluding hydrogens is 836 g/mol. The Balaban J connectivity index is 0.974. The normalized spacial score (nSPS) is 57.8. The van der Waals surface area contributed by atoms with E-state index >= 15 is 0 Å². The standard InChI is InChI=1S/C47H76O17/c1-21(2)15-23-16-45(8,56)38-24-9-10-28-43(6)13-12-29(42(4,5)27(43)11-14-44(28,7)46(24)19-47(38,64-23)58-20-46)61-41-37(63-39-34(54)32(52)30(50)22(3)59-39)36(25(49)18-57-41)62-40-35(55)33(53)31(51)26(17-48)60-40/h15,22-41,48-56H,9-14,16-20H2,1-8H3/t22-,23?,24?,25+,26+,27?,28?,29?,30+,31+,32+,33-,34+,35+,36+,37+,38?,39-,40-,41-,43?,44?,45?,46?,47?/m0/s1. The van der Waals surface area contributed by atoms with Crippen molar-refractivity contribution in [3.63, 3.8) is 0 Å². The number of aliphatic hydroxyl groups excluding tert-OH is 8. The highest BCUT2D eigenvalue weighted by molar-refractivity contribution is 5.26. The van der Waals surface area contributed by atoms with Crippen LogP contribution in [0.4, 0.5) is 0 Å². The van der Waals surface area contributed by atoms with Crippen LogP contribution in [0.5, 0.6) is 0 Å². The number of hydrogen-bond acceptors (Lipinski definition) is 17. The molecule has 2 bridgehead atoms. The summed E-state index contributed by atoms with van der Waals surface area (Å²) in [5, 5.41) is 97.7. The first-order chi connectivity index (χ1) is 29.9. The van der Waals surface area contributed by atoms with Crippen LogP contribution in [0, 0.1) is 45.3 Å². The highest BCUT2D eigenvalue weighted by atomic mass is 16.8. The summed E-state index contributed by atoms with van der Waals surface area (Å²) in [7, 11) is 0. The zero-order valence-corrected chi connectivity index (χ0v) is 38.7. The Kier molecular flexibility index (Phi) is 12.5. The van der Waals surface area contributed by atoms with Gasteiger partial charge in [-0.25, -0.2) is 0 Å². The number of ether oxygens (including phenoxy) is 8. The van der Waals surface area contributed by atoms with Crippen molar-refractivity contribution in [2.75, 3.05) is 19.8 Å². The van der Waals surface area contributed by atoms with Crippen molar-refractivity contribution in [3.8, 4) is 0 Å². The minimum atomic E-state index is -1.79. The van der Waals surface area contributed by atoms with Crippen molar-refractivity contribution in [1.82, 2.24) is 0 Å². The number of fused-ring (bicyclic) bond motifs is 4. The van der Waals surface area contributed by atoms with E-state index in [4.69, 9.17) is 37.9 Å². The summed E-state index contributed by atoms with van der Waals surface area (Å²) in [5.74, 6) is -0.0364. The molecule has 0 radical (unpaired) electrons. The van der Waals surface area contributed by atoms with Gasteiger partial charge in [0, 0.05) is 24.2 Å². The third-order valence-corrected chi connectivity index (χ3v) is 18.7. The Morgan fingerprint density at radius 3 is 2.09 bits per heavy atom. The van der Waals surface area contributed by atoms with Crippen LogP contribution in [-0.4, -0.2) is 175 Å². The predicted molar refractivity (Wildman–Crippen MR) is 223 cm³/mol. The first-order valence-electron chi connectivity index (χ1n) is 23.9. The van der Waals surface area contributed by atoms with Gasteiger partial charge >= 0.3 is 0 Å². The molecule has 9 N–H and O–H groups in total. The largest absolute Gasteiger partial charge is 0.394 e. The summed E-state index contributed by atoms with van der Waals surface area (Å²) in [5.41, 5.74) is -0.471. The quantitative estimate of drug-likeness (QED) is 0.122. The summed E-state index contributed by atoms with van der Waals surface area (Å²) in [6.45, 7) is 16.7. The maximum Gasteiger partial charge on any atom is 0.187 e. The molecule has 0 amide bonds. The van der Waals surface area contributed by atoms with Crippen molar-refractivity contribution >= 4 is 0 Å². The summed E-state index contributed by atoms with van der Waals surface area (Å²) in [4.78, 5) is 0. The SMILES string of the molecule is CC(C)=CC1CC(C)(O)C2C3CCC4C5(C)CCC(O[C@@H]6OC[C@@H](O)[C@@H](O[C@@H]7O[C@H](CO)[C@@H](O)[C@H](O)[C@H]7O)[C@H]6O[C@@H]6O[C@@H](C)[C@@H](O)[C@@H](O)[C@H]6O)C(C)(C)C5CCC4(C)C34COC2(C4)O1. The van der Waals surface area contributed by atoms with Crippen LogP contribution in [0.25, 0.3) is 0 Å². The maximum absolute atomic E-state index is 12.2. The maximum atomic E-state index is 12.2. The van der Waals surface area contributed by atoms with Gasteiger partial charge in [-0.3, -0.25) is 0 Å². The highest BCUT2D eigenvalue weighted by Gasteiger charge is 2.81. The van der Waals surface area contributed by atoms with E-state index in [9.17, 15) is 46.0 Å². The highest BCUT2D eigenvalue weighted by Crippen LogP contribution is 2.80. The molecule has 5 saturated heterocycles.